The van der Waals surface area contributed by atoms with Crippen LogP contribution in [0.3, 0.4) is 0 Å². The van der Waals surface area contributed by atoms with Gasteiger partial charge in [0.1, 0.15) is 10.8 Å². The Hall–Kier alpha value is -2.37. The number of aromatic nitrogens is 1. The van der Waals surface area contributed by atoms with Gasteiger partial charge in [0.25, 0.3) is 0 Å². The molecule has 0 radical (unpaired) electrons. The Bertz CT molecular complexity index is 879. The third kappa shape index (κ3) is 4.42. The minimum atomic E-state index is -0.237. The predicted molar refractivity (Wildman–Crippen MR) is 106 cm³/mol. The van der Waals surface area contributed by atoms with Gasteiger partial charge in [0.15, 0.2) is 0 Å². The van der Waals surface area contributed by atoms with Gasteiger partial charge in [-0.1, -0.05) is 35.9 Å². The summed E-state index contributed by atoms with van der Waals surface area (Å²) in [7, 11) is 1.55. The summed E-state index contributed by atoms with van der Waals surface area (Å²) in [4.78, 5) is 16.6. The van der Waals surface area contributed by atoms with E-state index in [-0.39, 0.29) is 11.9 Å². The Morgan fingerprint density at radius 1 is 1.27 bits per heavy atom. The zero-order valence-corrected chi connectivity index (χ0v) is 16.1. The number of thiophene rings is 1. The highest BCUT2D eigenvalue weighted by molar-refractivity contribution is 7.08. The van der Waals surface area contributed by atoms with Crippen molar-refractivity contribution in [3.8, 4) is 16.9 Å². The van der Waals surface area contributed by atoms with E-state index in [0.717, 1.165) is 11.1 Å². The molecule has 1 aromatic carbocycles. The molecule has 134 valence electrons. The van der Waals surface area contributed by atoms with Gasteiger partial charge < -0.3 is 10.1 Å². The number of ether oxygens (including phenoxy) is 1. The number of hydrogen-bond donors (Lipinski definition) is 1. The van der Waals surface area contributed by atoms with E-state index in [9.17, 15) is 4.79 Å². The third-order valence-corrected chi connectivity index (χ3v) is 5.02. The Balaban J connectivity index is 1.61. The number of amides is 1. The number of nitrogens with one attached hydrogen (secondary N) is 1. The van der Waals surface area contributed by atoms with E-state index in [1.165, 1.54) is 11.8 Å². The van der Waals surface area contributed by atoms with Gasteiger partial charge in [-0.25, -0.2) is 0 Å². The quantitative estimate of drug-likeness (QED) is 0.656. The van der Waals surface area contributed by atoms with Crippen LogP contribution in [0, 0.1) is 0 Å². The maximum Gasteiger partial charge on any atom is 0.224 e. The van der Waals surface area contributed by atoms with Crippen molar-refractivity contribution < 1.29 is 9.53 Å². The summed E-state index contributed by atoms with van der Waals surface area (Å²) < 4.78 is 5.19. The number of pyridine rings is 1. The minimum absolute atomic E-state index is 0.0588. The molecule has 0 unspecified atom stereocenters. The molecule has 0 saturated heterocycles. The lowest BCUT2D eigenvalue weighted by Crippen LogP contribution is -2.28. The normalized spacial score (nSPS) is 11.8. The predicted octanol–water partition coefficient (Wildman–Crippen LogP) is 4.89. The molecule has 0 saturated carbocycles. The lowest BCUT2D eigenvalue weighted by atomic mass is 10.0. The molecule has 2 aromatic heterocycles. The summed E-state index contributed by atoms with van der Waals surface area (Å²) in [6.07, 6.45) is 1.85. The number of rotatable bonds is 6. The summed E-state index contributed by atoms with van der Waals surface area (Å²) in [5.74, 6) is 0.485. The average molecular weight is 387 g/mol. The van der Waals surface area contributed by atoms with Crippen LogP contribution in [0.1, 0.15) is 24.2 Å². The molecule has 0 bridgehead atoms. The second kappa shape index (κ2) is 8.34. The molecule has 2 heterocycles. The molecule has 0 aliphatic carbocycles. The van der Waals surface area contributed by atoms with Crippen molar-refractivity contribution in [2.24, 2.45) is 0 Å². The third-order valence-electron chi connectivity index (χ3n) is 4.06. The Labute approximate surface area is 161 Å². The lowest BCUT2D eigenvalue weighted by molar-refractivity contribution is -0.121. The molecule has 0 fully saturated rings. The van der Waals surface area contributed by atoms with Crippen molar-refractivity contribution in [3.63, 3.8) is 0 Å². The molecule has 26 heavy (non-hydrogen) atoms. The first kappa shape index (κ1) is 18.4. The highest BCUT2D eigenvalue weighted by atomic mass is 35.5. The van der Waals surface area contributed by atoms with Gasteiger partial charge in [-0.3, -0.25) is 9.78 Å². The van der Waals surface area contributed by atoms with Crippen molar-refractivity contribution in [1.29, 1.82) is 0 Å². The molecule has 0 aliphatic rings. The zero-order valence-electron chi connectivity index (χ0n) is 14.5. The van der Waals surface area contributed by atoms with Crippen molar-refractivity contribution in [3.05, 3.63) is 69.6 Å². The van der Waals surface area contributed by atoms with Crippen molar-refractivity contribution in [1.82, 2.24) is 10.3 Å². The van der Waals surface area contributed by atoms with Crippen LogP contribution in [-0.2, 0) is 11.2 Å². The summed E-state index contributed by atoms with van der Waals surface area (Å²) in [6, 6.07) is 11.6. The van der Waals surface area contributed by atoms with E-state index in [0.29, 0.717) is 22.9 Å². The Morgan fingerprint density at radius 2 is 2.04 bits per heavy atom. The largest absolute Gasteiger partial charge is 0.495 e. The molecule has 0 spiro atoms. The van der Waals surface area contributed by atoms with E-state index in [2.05, 4.69) is 27.1 Å². The highest BCUT2D eigenvalue weighted by Crippen LogP contribution is 2.26. The van der Waals surface area contributed by atoms with Gasteiger partial charge in [0, 0.05) is 12.3 Å². The van der Waals surface area contributed by atoms with Crippen LogP contribution in [-0.4, -0.2) is 18.0 Å². The average Bonchev–Trinajstić information content (AvgIpc) is 3.17. The monoisotopic (exact) mass is 386 g/mol. The SMILES string of the molecule is COc1cc([C@@H](C)NC(=O)Cc2ccc(-c3ccsc3)cc2)ncc1Cl. The van der Waals surface area contributed by atoms with Crippen LogP contribution in [0.5, 0.6) is 5.75 Å². The molecule has 1 atom stereocenters. The molecule has 0 aliphatic heterocycles. The van der Waals surface area contributed by atoms with Gasteiger partial charge >= 0.3 is 0 Å². The number of halogens is 1. The maximum absolute atomic E-state index is 12.3. The van der Waals surface area contributed by atoms with Gasteiger partial charge in [-0.15, -0.1) is 0 Å². The van der Waals surface area contributed by atoms with E-state index < -0.39 is 0 Å². The second-order valence-electron chi connectivity index (χ2n) is 5.92. The topological polar surface area (TPSA) is 51.2 Å². The number of nitrogens with zero attached hydrogens (tertiary/aromatic N) is 1. The van der Waals surface area contributed by atoms with Gasteiger partial charge in [0.2, 0.25) is 5.91 Å². The minimum Gasteiger partial charge on any atom is -0.495 e. The molecule has 6 heteroatoms. The molecule has 1 amide bonds. The fourth-order valence-corrected chi connectivity index (χ4v) is 3.47. The molecular weight excluding hydrogens is 368 g/mol. The van der Waals surface area contributed by atoms with Crippen LogP contribution in [0.25, 0.3) is 11.1 Å². The number of hydrogen-bond acceptors (Lipinski definition) is 4. The smallest absolute Gasteiger partial charge is 0.224 e. The molecule has 4 nitrogen and oxygen atoms in total. The van der Waals surface area contributed by atoms with Crippen LogP contribution >= 0.6 is 22.9 Å². The first-order valence-electron chi connectivity index (χ1n) is 8.17. The van der Waals surface area contributed by atoms with Gasteiger partial charge in [-0.2, -0.15) is 11.3 Å². The summed E-state index contributed by atoms with van der Waals surface area (Å²) >= 11 is 7.66. The van der Waals surface area contributed by atoms with Crippen LogP contribution in [0.2, 0.25) is 5.02 Å². The van der Waals surface area contributed by atoms with Crippen molar-refractivity contribution in [2.45, 2.75) is 19.4 Å². The van der Waals surface area contributed by atoms with Crippen LogP contribution in [0.15, 0.2) is 53.4 Å². The molecule has 1 N–H and O–H groups in total. The molecular formula is C20H19ClN2O2S. The van der Waals surface area contributed by atoms with E-state index in [1.807, 2.05) is 31.2 Å². The Morgan fingerprint density at radius 3 is 2.69 bits per heavy atom. The van der Waals surface area contributed by atoms with E-state index in [4.69, 9.17) is 16.3 Å². The van der Waals surface area contributed by atoms with Gasteiger partial charge in [0.05, 0.1) is 25.3 Å². The lowest BCUT2D eigenvalue weighted by Gasteiger charge is -2.15. The van der Waals surface area contributed by atoms with Crippen LogP contribution in [0.4, 0.5) is 0 Å². The number of methoxy groups -OCH3 is 1. The first-order chi connectivity index (χ1) is 12.6. The Kier molecular flexibility index (Phi) is 5.91. The van der Waals surface area contributed by atoms with E-state index in [1.54, 1.807) is 24.5 Å². The fraction of sp³-hybridized carbons (Fsp3) is 0.200. The first-order valence-corrected chi connectivity index (χ1v) is 9.49. The van der Waals surface area contributed by atoms with Gasteiger partial charge in [-0.05, 0) is 40.4 Å². The highest BCUT2D eigenvalue weighted by Gasteiger charge is 2.13. The maximum atomic E-state index is 12.3. The number of carbonyl (C=O) groups is 1. The second-order valence-corrected chi connectivity index (χ2v) is 7.11. The van der Waals surface area contributed by atoms with Crippen molar-refractivity contribution in [2.75, 3.05) is 7.11 Å². The fourth-order valence-electron chi connectivity index (χ4n) is 2.62. The van der Waals surface area contributed by atoms with E-state index >= 15 is 0 Å². The summed E-state index contributed by atoms with van der Waals surface area (Å²) in [5.41, 5.74) is 4.02. The number of benzene rings is 1. The van der Waals surface area contributed by atoms with Crippen LogP contribution < -0.4 is 10.1 Å². The standard InChI is InChI=1S/C20H19ClN2O2S/c1-13(18-10-19(25-2)17(21)11-22-18)23-20(24)9-14-3-5-15(6-4-14)16-7-8-26-12-16/h3-8,10-13H,9H2,1-2H3,(H,23,24)/t13-/m1/s1. The summed E-state index contributed by atoms with van der Waals surface area (Å²) in [6.45, 7) is 1.88. The molecule has 3 aromatic rings. The summed E-state index contributed by atoms with van der Waals surface area (Å²) in [5, 5.41) is 7.57. The number of carbonyl (C=O) groups excluding carboxylic acids is 1. The van der Waals surface area contributed by atoms with Crippen molar-refractivity contribution >= 4 is 28.8 Å². The molecule has 3 rings (SSSR count). The zero-order chi connectivity index (χ0) is 18.5.